The van der Waals surface area contributed by atoms with Crippen molar-refractivity contribution in [2.75, 3.05) is 6.61 Å². The van der Waals surface area contributed by atoms with Crippen LogP contribution in [0.4, 0.5) is 26.3 Å². The van der Waals surface area contributed by atoms with Gasteiger partial charge >= 0.3 is 12.4 Å². The Bertz CT molecular complexity index is 493. The second kappa shape index (κ2) is 8.17. The third-order valence-electron chi connectivity index (χ3n) is 3.26. The molecule has 138 valence electrons. The molecule has 2 N–H and O–H groups in total. The van der Waals surface area contributed by atoms with E-state index in [4.69, 9.17) is 9.84 Å². The first-order valence-electron chi connectivity index (χ1n) is 7.13. The molecule has 0 aliphatic heterocycles. The average Bonchev–Trinajstić information content (AvgIpc) is 2.44. The molecular formula is C15H18F6O3. The summed E-state index contributed by atoms with van der Waals surface area (Å²) in [6.07, 6.45) is -11.2. The van der Waals surface area contributed by atoms with Crippen LogP contribution in [0.3, 0.4) is 0 Å². The number of hydrogen-bond acceptors (Lipinski definition) is 3. The first-order valence-corrected chi connectivity index (χ1v) is 7.13. The second-order valence-corrected chi connectivity index (χ2v) is 5.42. The Morgan fingerprint density at radius 1 is 0.958 bits per heavy atom. The molecule has 0 bridgehead atoms. The van der Waals surface area contributed by atoms with Crippen LogP contribution in [0.1, 0.15) is 36.5 Å². The van der Waals surface area contributed by atoms with Crippen molar-refractivity contribution in [3.05, 3.63) is 34.9 Å². The Morgan fingerprint density at radius 3 is 1.88 bits per heavy atom. The minimum atomic E-state index is -4.89. The maximum atomic E-state index is 12.7. The van der Waals surface area contributed by atoms with Gasteiger partial charge in [0.05, 0.1) is 29.9 Å². The molecule has 0 aliphatic carbocycles. The molecule has 9 heteroatoms. The van der Waals surface area contributed by atoms with Crippen LogP contribution in [0.15, 0.2) is 18.2 Å². The zero-order chi connectivity index (χ0) is 18.5. The van der Waals surface area contributed by atoms with Gasteiger partial charge in [-0.3, -0.25) is 0 Å². The summed E-state index contributed by atoms with van der Waals surface area (Å²) >= 11 is 0. The van der Waals surface area contributed by atoms with Gasteiger partial charge < -0.3 is 14.9 Å². The third-order valence-corrected chi connectivity index (χ3v) is 3.26. The van der Waals surface area contributed by atoms with Gasteiger partial charge in [-0.1, -0.05) is 0 Å². The van der Waals surface area contributed by atoms with Crippen LogP contribution in [0.25, 0.3) is 0 Å². The van der Waals surface area contributed by atoms with Crippen molar-refractivity contribution >= 4 is 0 Å². The van der Waals surface area contributed by atoms with Gasteiger partial charge in [-0.05, 0) is 43.5 Å². The van der Waals surface area contributed by atoms with E-state index >= 15 is 0 Å². The lowest BCUT2D eigenvalue weighted by Crippen LogP contribution is -2.22. The number of ether oxygens (including phenoxy) is 1. The lowest BCUT2D eigenvalue weighted by atomic mass is 10.1. The summed E-state index contributed by atoms with van der Waals surface area (Å²) in [7, 11) is 0. The summed E-state index contributed by atoms with van der Waals surface area (Å²) in [5.41, 5.74) is -3.02. The van der Waals surface area contributed by atoms with E-state index in [1.807, 2.05) is 0 Å². The van der Waals surface area contributed by atoms with E-state index in [1.165, 1.54) is 6.92 Å². The molecule has 1 aromatic rings. The fourth-order valence-electron chi connectivity index (χ4n) is 1.93. The Hall–Kier alpha value is -1.32. The average molecular weight is 360 g/mol. The number of aliphatic hydroxyl groups is 2. The highest BCUT2D eigenvalue weighted by Crippen LogP contribution is 2.36. The number of hydrogen-bond donors (Lipinski definition) is 2. The molecule has 0 heterocycles. The molecule has 0 saturated heterocycles. The Morgan fingerprint density at radius 2 is 1.46 bits per heavy atom. The number of halogens is 6. The highest BCUT2D eigenvalue weighted by atomic mass is 19.4. The van der Waals surface area contributed by atoms with E-state index < -0.39 is 42.3 Å². The predicted octanol–water partition coefficient (Wildman–Crippen LogP) is 3.76. The minimum absolute atomic E-state index is 0.0291. The SMILES string of the molecule is C[C@H](O)[C@@H](O)CCCOCc1cc(C(F)(F)F)cc(C(F)(F)F)c1. The number of aliphatic hydroxyl groups excluding tert-OH is 2. The highest BCUT2D eigenvalue weighted by molar-refractivity contribution is 5.33. The van der Waals surface area contributed by atoms with Crippen LogP contribution in [0.5, 0.6) is 0 Å². The minimum Gasteiger partial charge on any atom is -0.391 e. The molecule has 0 radical (unpaired) electrons. The van der Waals surface area contributed by atoms with Crippen LogP contribution in [-0.2, 0) is 23.7 Å². The molecule has 0 unspecified atom stereocenters. The monoisotopic (exact) mass is 360 g/mol. The van der Waals surface area contributed by atoms with Gasteiger partial charge in [0.15, 0.2) is 0 Å². The maximum absolute atomic E-state index is 12.7. The van der Waals surface area contributed by atoms with E-state index in [0.717, 1.165) is 0 Å². The summed E-state index contributed by atoms with van der Waals surface area (Å²) in [6, 6.07) is 1.28. The van der Waals surface area contributed by atoms with Crippen molar-refractivity contribution in [1.82, 2.24) is 0 Å². The molecule has 0 spiro atoms. The van der Waals surface area contributed by atoms with E-state index in [9.17, 15) is 31.4 Å². The molecule has 1 rings (SSSR count). The van der Waals surface area contributed by atoms with Gasteiger partial charge in [0, 0.05) is 6.61 Å². The highest BCUT2D eigenvalue weighted by Gasteiger charge is 2.36. The standard InChI is InChI=1S/C15H18F6O3/c1-9(22)13(23)3-2-4-24-8-10-5-11(14(16,17)18)7-12(6-10)15(19,20)21/h5-7,9,13,22-23H,2-4,8H2,1H3/t9-,13-/m0/s1. The fourth-order valence-corrected chi connectivity index (χ4v) is 1.93. The smallest absolute Gasteiger partial charge is 0.391 e. The Labute approximate surface area is 134 Å². The zero-order valence-electron chi connectivity index (χ0n) is 12.8. The summed E-state index contributed by atoms with van der Waals surface area (Å²) in [5.74, 6) is 0. The molecule has 24 heavy (non-hydrogen) atoms. The fraction of sp³-hybridized carbons (Fsp3) is 0.600. The Kier molecular flexibility index (Phi) is 7.06. The predicted molar refractivity (Wildman–Crippen MR) is 73.0 cm³/mol. The van der Waals surface area contributed by atoms with Crippen molar-refractivity contribution < 1.29 is 41.3 Å². The Balaban J connectivity index is 2.70. The van der Waals surface area contributed by atoms with Gasteiger partial charge in [0.1, 0.15) is 0 Å². The van der Waals surface area contributed by atoms with E-state index in [1.54, 1.807) is 0 Å². The lowest BCUT2D eigenvalue weighted by Gasteiger charge is -2.15. The van der Waals surface area contributed by atoms with Crippen molar-refractivity contribution in [2.24, 2.45) is 0 Å². The summed E-state index contributed by atoms with van der Waals surface area (Å²) in [4.78, 5) is 0. The van der Waals surface area contributed by atoms with Gasteiger partial charge in [0.2, 0.25) is 0 Å². The first-order chi connectivity index (χ1) is 10.9. The third kappa shape index (κ3) is 6.66. The van der Waals surface area contributed by atoms with Crippen molar-refractivity contribution in [1.29, 1.82) is 0 Å². The largest absolute Gasteiger partial charge is 0.416 e. The topological polar surface area (TPSA) is 49.7 Å². The van der Waals surface area contributed by atoms with Crippen molar-refractivity contribution in [3.63, 3.8) is 0 Å². The van der Waals surface area contributed by atoms with Crippen molar-refractivity contribution in [2.45, 2.75) is 50.9 Å². The van der Waals surface area contributed by atoms with Gasteiger partial charge in [-0.25, -0.2) is 0 Å². The molecule has 0 amide bonds. The molecule has 0 aliphatic rings. The summed E-state index contributed by atoms with van der Waals surface area (Å²) < 4.78 is 81.2. The van der Waals surface area contributed by atoms with Crippen LogP contribution < -0.4 is 0 Å². The van der Waals surface area contributed by atoms with Gasteiger partial charge in [-0.15, -0.1) is 0 Å². The van der Waals surface area contributed by atoms with Crippen molar-refractivity contribution in [3.8, 4) is 0 Å². The number of benzene rings is 1. The van der Waals surface area contributed by atoms with Gasteiger partial charge in [-0.2, -0.15) is 26.3 Å². The van der Waals surface area contributed by atoms with E-state index in [-0.39, 0.29) is 24.7 Å². The van der Waals surface area contributed by atoms with Crippen LogP contribution in [0, 0.1) is 0 Å². The van der Waals surface area contributed by atoms with E-state index in [0.29, 0.717) is 18.6 Å². The zero-order valence-corrected chi connectivity index (χ0v) is 12.8. The van der Waals surface area contributed by atoms with Crippen LogP contribution >= 0.6 is 0 Å². The molecule has 0 saturated carbocycles. The number of alkyl halides is 6. The first kappa shape index (κ1) is 20.7. The summed E-state index contributed by atoms with van der Waals surface area (Å²) in [6.45, 7) is 1.01. The quantitative estimate of drug-likeness (QED) is 0.575. The summed E-state index contributed by atoms with van der Waals surface area (Å²) in [5, 5.41) is 18.4. The molecule has 1 aromatic carbocycles. The second-order valence-electron chi connectivity index (χ2n) is 5.42. The van der Waals surface area contributed by atoms with Crippen LogP contribution in [-0.4, -0.2) is 29.0 Å². The molecule has 2 atom stereocenters. The molecule has 3 nitrogen and oxygen atoms in total. The molecule has 0 fully saturated rings. The normalized spacial score (nSPS) is 15.4. The van der Waals surface area contributed by atoms with E-state index in [2.05, 4.69) is 0 Å². The lowest BCUT2D eigenvalue weighted by molar-refractivity contribution is -0.143. The molecule has 0 aromatic heterocycles. The van der Waals surface area contributed by atoms with Crippen LogP contribution in [0.2, 0.25) is 0 Å². The maximum Gasteiger partial charge on any atom is 0.416 e. The molecular weight excluding hydrogens is 342 g/mol. The van der Waals surface area contributed by atoms with Gasteiger partial charge in [0.25, 0.3) is 0 Å². The number of rotatable bonds is 7.